The van der Waals surface area contributed by atoms with Gasteiger partial charge in [0.2, 0.25) is 0 Å². The summed E-state index contributed by atoms with van der Waals surface area (Å²) in [5.41, 5.74) is 0. The lowest BCUT2D eigenvalue weighted by Gasteiger charge is -2.30. The van der Waals surface area contributed by atoms with E-state index in [2.05, 4.69) is 26.2 Å². The standard InChI is InChI=1S/C11H23N/c1-9-4-6-11(7-5-9)10(2)8-12-3/h9-12H,4-8H2,1-3H3. The van der Waals surface area contributed by atoms with Crippen molar-refractivity contribution >= 4 is 0 Å². The zero-order valence-electron chi connectivity index (χ0n) is 8.77. The number of nitrogens with one attached hydrogen (secondary N) is 1. The third kappa shape index (κ3) is 2.78. The van der Waals surface area contributed by atoms with Gasteiger partial charge in [-0.25, -0.2) is 0 Å². The molecule has 0 spiro atoms. The maximum absolute atomic E-state index is 3.28. The predicted octanol–water partition coefficient (Wildman–Crippen LogP) is 2.67. The molecule has 0 aliphatic heterocycles. The van der Waals surface area contributed by atoms with Crippen molar-refractivity contribution in [1.29, 1.82) is 0 Å². The zero-order chi connectivity index (χ0) is 8.97. The Kier molecular flexibility index (Phi) is 4.07. The molecule has 1 rings (SSSR count). The number of rotatable bonds is 3. The molecular weight excluding hydrogens is 146 g/mol. The highest BCUT2D eigenvalue weighted by molar-refractivity contribution is 4.74. The first-order valence-corrected chi connectivity index (χ1v) is 5.38. The van der Waals surface area contributed by atoms with E-state index < -0.39 is 0 Å². The zero-order valence-corrected chi connectivity index (χ0v) is 8.77. The topological polar surface area (TPSA) is 12.0 Å². The van der Waals surface area contributed by atoms with Gasteiger partial charge in [0.15, 0.2) is 0 Å². The monoisotopic (exact) mass is 169 g/mol. The third-order valence-electron chi connectivity index (χ3n) is 3.39. The molecule has 1 fully saturated rings. The van der Waals surface area contributed by atoms with E-state index in [-0.39, 0.29) is 0 Å². The molecule has 1 aliphatic carbocycles. The van der Waals surface area contributed by atoms with Gasteiger partial charge < -0.3 is 5.32 Å². The molecule has 1 nitrogen and oxygen atoms in total. The third-order valence-corrected chi connectivity index (χ3v) is 3.39. The molecule has 0 aromatic heterocycles. The molecular formula is C11H23N. The lowest BCUT2D eigenvalue weighted by molar-refractivity contribution is 0.221. The first-order chi connectivity index (χ1) is 5.74. The van der Waals surface area contributed by atoms with Crippen LogP contribution in [0, 0.1) is 17.8 Å². The minimum Gasteiger partial charge on any atom is -0.319 e. The van der Waals surface area contributed by atoms with Crippen molar-refractivity contribution in [1.82, 2.24) is 5.32 Å². The van der Waals surface area contributed by atoms with Crippen LogP contribution in [0.1, 0.15) is 39.5 Å². The Labute approximate surface area is 76.9 Å². The Balaban J connectivity index is 2.24. The molecule has 0 radical (unpaired) electrons. The highest BCUT2D eigenvalue weighted by Crippen LogP contribution is 2.32. The van der Waals surface area contributed by atoms with Crippen LogP contribution in [0.15, 0.2) is 0 Å². The van der Waals surface area contributed by atoms with Crippen molar-refractivity contribution in [3.8, 4) is 0 Å². The molecule has 1 unspecified atom stereocenters. The molecule has 1 atom stereocenters. The van der Waals surface area contributed by atoms with Crippen LogP contribution in [-0.4, -0.2) is 13.6 Å². The minimum atomic E-state index is 0.877. The van der Waals surface area contributed by atoms with Gasteiger partial charge in [0, 0.05) is 0 Å². The van der Waals surface area contributed by atoms with E-state index >= 15 is 0 Å². The molecule has 1 aliphatic rings. The fraction of sp³-hybridized carbons (Fsp3) is 1.00. The van der Waals surface area contributed by atoms with Crippen molar-refractivity contribution in [2.75, 3.05) is 13.6 Å². The quantitative estimate of drug-likeness (QED) is 0.685. The van der Waals surface area contributed by atoms with E-state index in [1.165, 1.54) is 32.2 Å². The maximum Gasteiger partial charge on any atom is -0.00235 e. The molecule has 0 amide bonds. The van der Waals surface area contributed by atoms with E-state index in [0.717, 1.165) is 17.8 Å². The lowest BCUT2D eigenvalue weighted by atomic mass is 9.77. The Morgan fingerprint density at radius 2 is 1.83 bits per heavy atom. The fourth-order valence-corrected chi connectivity index (χ4v) is 2.34. The molecule has 12 heavy (non-hydrogen) atoms. The van der Waals surface area contributed by atoms with Gasteiger partial charge >= 0.3 is 0 Å². The molecule has 1 N–H and O–H groups in total. The highest BCUT2D eigenvalue weighted by atomic mass is 14.8. The van der Waals surface area contributed by atoms with Crippen LogP contribution in [0.4, 0.5) is 0 Å². The SMILES string of the molecule is CNCC(C)C1CCC(C)CC1. The van der Waals surface area contributed by atoms with E-state index in [9.17, 15) is 0 Å². The second kappa shape index (κ2) is 4.86. The molecule has 72 valence electrons. The van der Waals surface area contributed by atoms with Crippen LogP contribution >= 0.6 is 0 Å². The van der Waals surface area contributed by atoms with Gasteiger partial charge in [0.1, 0.15) is 0 Å². The van der Waals surface area contributed by atoms with Crippen LogP contribution in [0.3, 0.4) is 0 Å². The summed E-state index contributed by atoms with van der Waals surface area (Å²) in [6.07, 6.45) is 5.84. The molecule has 1 heteroatoms. The highest BCUT2D eigenvalue weighted by Gasteiger charge is 2.22. The van der Waals surface area contributed by atoms with Crippen molar-refractivity contribution in [2.24, 2.45) is 17.8 Å². The van der Waals surface area contributed by atoms with Crippen LogP contribution in [0.2, 0.25) is 0 Å². The predicted molar refractivity (Wildman–Crippen MR) is 54.2 cm³/mol. The number of hydrogen-bond donors (Lipinski definition) is 1. The molecule has 0 aromatic rings. The van der Waals surface area contributed by atoms with Crippen LogP contribution in [-0.2, 0) is 0 Å². The summed E-state index contributed by atoms with van der Waals surface area (Å²) in [6.45, 7) is 5.97. The molecule has 0 saturated heterocycles. The second-order valence-corrected chi connectivity index (χ2v) is 4.55. The Morgan fingerprint density at radius 1 is 1.25 bits per heavy atom. The normalized spacial score (nSPS) is 33.2. The summed E-state index contributed by atoms with van der Waals surface area (Å²) in [5, 5.41) is 3.28. The maximum atomic E-state index is 3.28. The summed E-state index contributed by atoms with van der Waals surface area (Å²) in [7, 11) is 2.06. The Bertz CT molecular complexity index is 114. The first-order valence-electron chi connectivity index (χ1n) is 5.38. The van der Waals surface area contributed by atoms with Crippen molar-refractivity contribution in [3.63, 3.8) is 0 Å². The van der Waals surface area contributed by atoms with Gasteiger partial charge in [-0.3, -0.25) is 0 Å². The largest absolute Gasteiger partial charge is 0.319 e. The van der Waals surface area contributed by atoms with Gasteiger partial charge in [-0.15, -0.1) is 0 Å². The Morgan fingerprint density at radius 3 is 2.33 bits per heavy atom. The van der Waals surface area contributed by atoms with Gasteiger partial charge in [-0.05, 0) is 44.2 Å². The second-order valence-electron chi connectivity index (χ2n) is 4.55. The molecule has 0 bridgehead atoms. The molecule has 1 saturated carbocycles. The van der Waals surface area contributed by atoms with E-state index in [0.29, 0.717) is 0 Å². The average molecular weight is 169 g/mol. The van der Waals surface area contributed by atoms with Crippen LogP contribution in [0.5, 0.6) is 0 Å². The summed E-state index contributed by atoms with van der Waals surface area (Å²) < 4.78 is 0. The van der Waals surface area contributed by atoms with Gasteiger partial charge in [0.25, 0.3) is 0 Å². The van der Waals surface area contributed by atoms with Gasteiger partial charge in [-0.1, -0.05) is 26.7 Å². The Hall–Kier alpha value is -0.0400. The lowest BCUT2D eigenvalue weighted by Crippen LogP contribution is -2.26. The van der Waals surface area contributed by atoms with E-state index in [1.807, 2.05) is 0 Å². The molecule has 0 aromatic carbocycles. The van der Waals surface area contributed by atoms with Crippen molar-refractivity contribution in [2.45, 2.75) is 39.5 Å². The summed E-state index contributed by atoms with van der Waals surface area (Å²) in [4.78, 5) is 0. The molecule has 0 heterocycles. The minimum absolute atomic E-state index is 0.877. The smallest absolute Gasteiger partial charge is 0.00235 e. The van der Waals surface area contributed by atoms with E-state index in [4.69, 9.17) is 0 Å². The number of hydrogen-bond acceptors (Lipinski definition) is 1. The van der Waals surface area contributed by atoms with Gasteiger partial charge in [-0.2, -0.15) is 0 Å². The first kappa shape index (κ1) is 10.0. The van der Waals surface area contributed by atoms with Crippen LogP contribution < -0.4 is 5.32 Å². The summed E-state index contributed by atoms with van der Waals surface area (Å²) in [5.74, 6) is 2.86. The van der Waals surface area contributed by atoms with Crippen molar-refractivity contribution < 1.29 is 0 Å². The summed E-state index contributed by atoms with van der Waals surface area (Å²) in [6, 6.07) is 0. The van der Waals surface area contributed by atoms with Crippen LogP contribution in [0.25, 0.3) is 0 Å². The average Bonchev–Trinajstić information content (AvgIpc) is 2.06. The van der Waals surface area contributed by atoms with Crippen molar-refractivity contribution in [3.05, 3.63) is 0 Å². The fourth-order valence-electron chi connectivity index (χ4n) is 2.34. The summed E-state index contributed by atoms with van der Waals surface area (Å²) >= 11 is 0. The van der Waals surface area contributed by atoms with E-state index in [1.54, 1.807) is 0 Å². The van der Waals surface area contributed by atoms with Gasteiger partial charge in [0.05, 0.1) is 0 Å².